The number of nitrogens with one attached hydrogen (secondary N) is 1. The zero-order valence-electron chi connectivity index (χ0n) is 6.99. The first-order valence-corrected chi connectivity index (χ1v) is 3.94. The van der Waals surface area contributed by atoms with Gasteiger partial charge in [-0.15, -0.1) is 0 Å². The van der Waals surface area contributed by atoms with Gasteiger partial charge >= 0.3 is 0 Å². The lowest BCUT2D eigenvalue weighted by molar-refractivity contribution is 0.457. The molecular weight excluding hydrogens is 152 g/mol. The summed E-state index contributed by atoms with van der Waals surface area (Å²) in [5, 5.41) is 12.8. The molecule has 0 amide bonds. The van der Waals surface area contributed by atoms with Gasteiger partial charge in [0, 0.05) is 5.56 Å². The lowest BCUT2D eigenvalue weighted by atomic mass is 10.0. The molecule has 1 aromatic rings. The standard InChI is InChI=1S/C9H12N2O/c1-2-8(11-10)7-5-3-4-6-9(7)12/h3-6,8,10,12H,2H2,1H3. The van der Waals surface area contributed by atoms with Gasteiger partial charge in [0.05, 0.1) is 6.04 Å². The summed E-state index contributed by atoms with van der Waals surface area (Å²) in [7, 11) is 0. The van der Waals surface area contributed by atoms with E-state index < -0.39 is 0 Å². The van der Waals surface area contributed by atoms with E-state index in [9.17, 15) is 5.11 Å². The molecular formula is C9H12N2O. The van der Waals surface area contributed by atoms with Gasteiger partial charge in [0.15, 0.2) is 0 Å². The number of nitrogens with zero attached hydrogens (tertiary/aromatic N) is 1. The molecule has 0 aliphatic rings. The lowest BCUT2D eigenvalue weighted by Gasteiger charge is -2.09. The summed E-state index contributed by atoms with van der Waals surface area (Å²) in [6.45, 7) is 1.94. The van der Waals surface area contributed by atoms with E-state index in [1.807, 2.05) is 13.0 Å². The third-order valence-corrected chi connectivity index (χ3v) is 1.84. The Labute approximate surface area is 71.6 Å². The van der Waals surface area contributed by atoms with E-state index in [1.54, 1.807) is 18.2 Å². The monoisotopic (exact) mass is 164 g/mol. The molecule has 3 heteroatoms. The fraction of sp³-hybridized carbons (Fsp3) is 0.333. The molecule has 0 aliphatic heterocycles. The Morgan fingerprint density at radius 3 is 2.67 bits per heavy atom. The van der Waals surface area contributed by atoms with Gasteiger partial charge in [-0.2, -0.15) is 5.11 Å². The van der Waals surface area contributed by atoms with Crippen molar-refractivity contribution in [1.82, 2.24) is 0 Å². The summed E-state index contributed by atoms with van der Waals surface area (Å²) in [4.78, 5) is 0. The molecule has 12 heavy (non-hydrogen) atoms. The van der Waals surface area contributed by atoms with Crippen molar-refractivity contribution in [3.05, 3.63) is 29.8 Å². The van der Waals surface area contributed by atoms with Gasteiger partial charge in [-0.3, -0.25) is 0 Å². The summed E-state index contributed by atoms with van der Waals surface area (Å²) in [6.07, 6.45) is 0.737. The minimum atomic E-state index is -0.203. The Bertz CT molecular complexity index is 273. The van der Waals surface area contributed by atoms with Crippen molar-refractivity contribution >= 4 is 0 Å². The highest BCUT2D eigenvalue weighted by molar-refractivity contribution is 5.34. The van der Waals surface area contributed by atoms with Crippen LogP contribution in [0.5, 0.6) is 5.75 Å². The van der Waals surface area contributed by atoms with E-state index in [4.69, 9.17) is 5.53 Å². The Balaban J connectivity index is 3.00. The summed E-state index contributed by atoms with van der Waals surface area (Å²) < 4.78 is 0. The first-order chi connectivity index (χ1) is 5.79. The van der Waals surface area contributed by atoms with Crippen LogP contribution in [0.25, 0.3) is 0 Å². The second kappa shape index (κ2) is 3.85. The predicted molar refractivity (Wildman–Crippen MR) is 46.3 cm³/mol. The quantitative estimate of drug-likeness (QED) is 0.663. The molecule has 0 aliphatic carbocycles. The van der Waals surface area contributed by atoms with E-state index in [0.717, 1.165) is 12.0 Å². The molecule has 64 valence electrons. The van der Waals surface area contributed by atoms with Crippen LogP contribution in [-0.4, -0.2) is 5.11 Å². The molecule has 1 atom stereocenters. The molecule has 1 rings (SSSR count). The number of hydrogen-bond acceptors (Lipinski definition) is 3. The van der Waals surface area contributed by atoms with Gasteiger partial charge in [0.2, 0.25) is 0 Å². The van der Waals surface area contributed by atoms with Crippen molar-refractivity contribution < 1.29 is 5.11 Å². The number of hydrogen-bond donors (Lipinski definition) is 2. The van der Waals surface area contributed by atoms with E-state index in [1.165, 1.54) is 0 Å². The number of phenols is 1. The van der Waals surface area contributed by atoms with Gasteiger partial charge < -0.3 is 5.11 Å². The van der Waals surface area contributed by atoms with Crippen molar-refractivity contribution in [3.63, 3.8) is 0 Å². The maximum Gasteiger partial charge on any atom is 0.120 e. The first kappa shape index (κ1) is 8.71. The second-order valence-corrected chi connectivity index (χ2v) is 2.61. The van der Waals surface area contributed by atoms with Gasteiger partial charge in [0.25, 0.3) is 0 Å². The molecule has 0 bridgehead atoms. The molecule has 3 nitrogen and oxygen atoms in total. The number of rotatable bonds is 3. The van der Waals surface area contributed by atoms with E-state index in [2.05, 4.69) is 5.11 Å². The van der Waals surface area contributed by atoms with Gasteiger partial charge in [-0.1, -0.05) is 25.1 Å². The Morgan fingerprint density at radius 2 is 2.17 bits per heavy atom. The Hall–Kier alpha value is -1.38. The smallest absolute Gasteiger partial charge is 0.120 e. The van der Waals surface area contributed by atoms with E-state index in [0.29, 0.717) is 0 Å². The van der Waals surface area contributed by atoms with Crippen molar-refractivity contribution in [2.75, 3.05) is 0 Å². The van der Waals surface area contributed by atoms with Crippen LogP contribution < -0.4 is 0 Å². The van der Waals surface area contributed by atoms with Crippen LogP contribution in [0.1, 0.15) is 24.9 Å². The number of para-hydroxylation sites is 1. The molecule has 1 unspecified atom stereocenters. The third kappa shape index (κ3) is 1.61. The van der Waals surface area contributed by atoms with Gasteiger partial charge in [0.1, 0.15) is 5.75 Å². The summed E-state index contributed by atoms with van der Waals surface area (Å²) in [5.74, 6) is 0.223. The highest BCUT2D eigenvalue weighted by Gasteiger charge is 2.10. The van der Waals surface area contributed by atoms with Crippen LogP contribution in [0.2, 0.25) is 0 Å². The maximum atomic E-state index is 9.40. The highest BCUT2D eigenvalue weighted by atomic mass is 16.3. The Kier molecular flexibility index (Phi) is 2.80. The Morgan fingerprint density at radius 1 is 1.50 bits per heavy atom. The molecule has 0 saturated carbocycles. The highest BCUT2D eigenvalue weighted by Crippen LogP contribution is 2.28. The average molecular weight is 164 g/mol. The van der Waals surface area contributed by atoms with Gasteiger partial charge in [-0.05, 0) is 12.5 Å². The third-order valence-electron chi connectivity index (χ3n) is 1.84. The first-order valence-electron chi connectivity index (χ1n) is 3.94. The minimum Gasteiger partial charge on any atom is -0.508 e. The molecule has 0 saturated heterocycles. The van der Waals surface area contributed by atoms with Crippen molar-refractivity contribution in [3.8, 4) is 5.75 Å². The van der Waals surface area contributed by atoms with Crippen LogP contribution >= 0.6 is 0 Å². The summed E-state index contributed by atoms with van der Waals surface area (Å²) in [6, 6.07) is 6.80. The van der Waals surface area contributed by atoms with Crippen LogP contribution in [0.3, 0.4) is 0 Å². The van der Waals surface area contributed by atoms with Crippen LogP contribution in [-0.2, 0) is 0 Å². The lowest BCUT2D eigenvalue weighted by Crippen LogP contribution is -1.92. The van der Waals surface area contributed by atoms with Crippen LogP contribution in [0, 0.1) is 5.53 Å². The van der Waals surface area contributed by atoms with Crippen molar-refractivity contribution in [2.24, 2.45) is 5.11 Å². The molecule has 0 radical (unpaired) electrons. The minimum absolute atomic E-state index is 0.203. The molecule has 0 heterocycles. The topological polar surface area (TPSA) is 56.4 Å². The normalized spacial score (nSPS) is 12.4. The maximum absolute atomic E-state index is 9.40. The number of benzene rings is 1. The second-order valence-electron chi connectivity index (χ2n) is 2.61. The molecule has 0 fully saturated rings. The van der Waals surface area contributed by atoms with E-state index in [-0.39, 0.29) is 11.8 Å². The summed E-state index contributed by atoms with van der Waals surface area (Å²) in [5.41, 5.74) is 7.64. The van der Waals surface area contributed by atoms with Crippen LogP contribution in [0.15, 0.2) is 29.4 Å². The molecule has 0 spiro atoms. The summed E-state index contributed by atoms with van der Waals surface area (Å²) >= 11 is 0. The fourth-order valence-electron chi connectivity index (χ4n) is 1.15. The molecule has 1 aromatic carbocycles. The molecule has 2 N–H and O–H groups in total. The number of phenolic OH excluding ortho intramolecular Hbond substituents is 1. The SMILES string of the molecule is CCC(N=N)c1ccccc1O. The predicted octanol–water partition coefficient (Wildman–Crippen LogP) is 2.87. The van der Waals surface area contributed by atoms with Crippen molar-refractivity contribution in [1.29, 1.82) is 5.53 Å². The zero-order chi connectivity index (χ0) is 8.97. The van der Waals surface area contributed by atoms with Gasteiger partial charge in [-0.25, -0.2) is 5.53 Å². The zero-order valence-corrected chi connectivity index (χ0v) is 6.99. The number of aromatic hydroxyl groups is 1. The van der Waals surface area contributed by atoms with Crippen molar-refractivity contribution in [2.45, 2.75) is 19.4 Å². The van der Waals surface area contributed by atoms with E-state index >= 15 is 0 Å². The fourth-order valence-corrected chi connectivity index (χ4v) is 1.15. The largest absolute Gasteiger partial charge is 0.508 e. The molecule has 0 aromatic heterocycles. The average Bonchev–Trinajstić information content (AvgIpc) is 2.10. The van der Waals surface area contributed by atoms with Crippen LogP contribution in [0.4, 0.5) is 0 Å².